The second-order valence-corrected chi connectivity index (χ2v) is 7.14. The van der Waals surface area contributed by atoms with Crippen molar-refractivity contribution in [2.45, 2.75) is 12.5 Å². The summed E-state index contributed by atoms with van der Waals surface area (Å²) in [4.78, 5) is 14.5. The topological polar surface area (TPSA) is 41.6 Å². The largest absolute Gasteiger partial charge is 0.495 e. The summed E-state index contributed by atoms with van der Waals surface area (Å²) < 4.78 is 19.3. The number of methoxy groups -OCH3 is 1. The molecule has 0 saturated carbocycles. The van der Waals surface area contributed by atoms with Crippen molar-refractivity contribution < 1.29 is 13.9 Å². The molecule has 1 heterocycles. The van der Waals surface area contributed by atoms with Gasteiger partial charge in [-0.2, -0.15) is 0 Å². The van der Waals surface area contributed by atoms with Crippen LogP contribution in [-0.2, 0) is 0 Å². The minimum atomic E-state index is -0.440. The van der Waals surface area contributed by atoms with Gasteiger partial charge in [0.05, 0.1) is 18.4 Å². The van der Waals surface area contributed by atoms with E-state index in [9.17, 15) is 9.18 Å². The van der Waals surface area contributed by atoms with Gasteiger partial charge in [0.1, 0.15) is 11.6 Å². The number of halogens is 3. The molecule has 0 spiro atoms. The van der Waals surface area contributed by atoms with Gasteiger partial charge in [-0.1, -0.05) is 11.6 Å². The van der Waals surface area contributed by atoms with Gasteiger partial charge in [0.15, 0.2) is 0 Å². The van der Waals surface area contributed by atoms with E-state index in [4.69, 9.17) is 16.3 Å². The maximum absolute atomic E-state index is 13.4. The van der Waals surface area contributed by atoms with Gasteiger partial charge in [0, 0.05) is 28.6 Å². The minimum Gasteiger partial charge on any atom is -0.495 e. The maximum atomic E-state index is 13.4. The molecule has 1 amide bonds. The standard InChI is InChI=1S/C18H17BrClFN2O2/c1-25-17-5-2-11(20)8-16(17)23-7-6-13(10-23)22-18(24)14-9-12(21)3-4-15(14)19/h2-5,8-9,13H,6-7,10H2,1H3,(H,22,24). The lowest BCUT2D eigenvalue weighted by Crippen LogP contribution is -2.37. The molecule has 0 radical (unpaired) electrons. The van der Waals surface area contributed by atoms with Crippen LogP contribution in [-0.4, -0.2) is 32.1 Å². The van der Waals surface area contributed by atoms with Crippen molar-refractivity contribution in [2.75, 3.05) is 25.1 Å². The average Bonchev–Trinajstić information content (AvgIpc) is 3.05. The molecule has 0 bridgehead atoms. The number of nitrogens with zero attached hydrogens (tertiary/aromatic N) is 1. The molecule has 1 atom stereocenters. The first kappa shape index (κ1) is 18.0. The van der Waals surface area contributed by atoms with Gasteiger partial charge in [-0.05, 0) is 58.7 Å². The molecular formula is C18H17BrClFN2O2. The van der Waals surface area contributed by atoms with E-state index >= 15 is 0 Å². The van der Waals surface area contributed by atoms with Crippen molar-refractivity contribution >= 4 is 39.1 Å². The van der Waals surface area contributed by atoms with E-state index in [0.717, 1.165) is 24.4 Å². The highest BCUT2D eigenvalue weighted by Gasteiger charge is 2.27. The molecule has 1 saturated heterocycles. The molecule has 1 fully saturated rings. The van der Waals surface area contributed by atoms with Gasteiger partial charge in [-0.3, -0.25) is 4.79 Å². The SMILES string of the molecule is COc1ccc(Cl)cc1N1CCC(NC(=O)c2cc(F)ccc2Br)C1. The van der Waals surface area contributed by atoms with Crippen molar-refractivity contribution in [1.82, 2.24) is 5.32 Å². The highest BCUT2D eigenvalue weighted by molar-refractivity contribution is 9.10. The van der Waals surface area contributed by atoms with Crippen LogP contribution < -0.4 is 15.0 Å². The van der Waals surface area contributed by atoms with Crippen molar-refractivity contribution in [2.24, 2.45) is 0 Å². The van der Waals surface area contributed by atoms with E-state index in [2.05, 4.69) is 26.1 Å². The van der Waals surface area contributed by atoms with Crippen LogP contribution in [0.2, 0.25) is 5.02 Å². The number of benzene rings is 2. The summed E-state index contributed by atoms with van der Waals surface area (Å²) in [7, 11) is 1.61. The lowest BCUT2D eigenvalue weighted by atomic mass is 10.2. The van der Waals surface area contributed by atoms with Crippen LogP contribution in [0.1, 0.15) is 16.8 Å². The van der Waals surface area contributed by atoms with Crippen LogP contribution in [0, 0.1) is 5.82 Å². The van der Waals surface area contributed by atoms with E-state index in [-0.39, 0.29) is 11.9 Å². The Kier molecular flexibility index (Phi) is 5.49. The number of ether oxygens (including phenoxy) is 1. The summed E-state index contributed by atoms with van der Waals surface area (Å²) >= 11 is 9.38. The van der Waals surface area contributed by atoms with E-state index in [1.54, 1.807) is 13.2 Å². The van der Waals surface area contributed by atoms with E-state index < -0.39 is 5.82 Å². The Bertz CT molecular complexity index is 803. The fourth-order valence-electron chi connectivity index (χ4n) is 2.94. The lowest BCUT2D eigenvalue weighted by molar-refractivity contribution is 0.0939. The Morgan fingerprint density at radius 3 is 2.92 bits per heavy atom. The Balaban J connectivity index is 1.70. The highest BCUT2D eigenvalue weighted by Crippen LogP contribution is 2.33. The van der Waals surface area contributed by atoms with E-state index in [1.165, 1.54) is 18.2 Å². The Hall–Kier alpha value is -1.79. The number of amides is 1. The molecule has 2 aromatic carbocycles. The Labute approximate surface area is 159 Å². The molecule has 1 N–H and O–H groups in total. The first-order chi connectivity index (χ1) is 12.0. The predicted molar refractivity (Wildman–Crippen MR) is 100 cm³/mol. The molecule has 1 aliphatic heterocycles. The summed E-state index contributed by atoms with van der Waals surface area (Å²) in [6, 6.07) is 9.49. The lowest BCUT2D eigenvalue weighted by Gasteiger charge is -2.22. The first-order valence-electron chi connectivity index (χ1n) is 7.82. The molecule has 1 aliphatic rings. The maximum Gasteiger partial charge on any atom is 0.252 e. The zero-order chi connectivity index (χ0) is 18.0. The third-order valence-corrected chi connectivity index (χ3v) is 5.10. The van der Waals surface area contributed by atoms with Crippen molar-refractivity contribution in [3.63, 3.8) is 0 Å². The Morgan fingerprint density at radius 2 is 2.16 bits per heavy atom. The van der Waals surface area contributed by atoms with E-state index in [0.29, 0.717) is 21.6 Å². The van der Waals surface area contributed by atoms with Crippen LogP contribution in [0.15, 0.2) is 40.9 Å². The number of nitrogens with one attached hydrogen (secondary N) is 1. The quantitative estimate of drug-likeness (QED) is 0.793. The summed E-state index contributed by atoms with van der Waals surface area (Å²) in [6.45, 7) is 1.40. The zero-order valence-corrected chi connectivity index (χ0v) is 15.9. The zero-order valence-electron chi connectivity index (χ0n) is 13.6. The monoisotopic (exact) mass is 426 g/mol. The van der Waals surface area contributed by atoms with Gasteiger partial charge in [0.25, 0.3) is 5.91 Å². The van der Waals surface area contributed by atoms with Crippen molar-refractivity contribution in [3.8, 4) is 5.75 Å². The Morgan fingerprint density at radius 1 is 1.36 bits per heavy atom. The van der Waals surface area contributed by atoms with Gasteiger partial charge >= 0.3 is 0 Å². The summed E-state index contributed by atoms with van der Waals surface area (Å²) in [6.07, 6.45) is 0.786. The first-order valence-corrected chi connectivity index (χ1v) is 8.99. The molecule has 2 aromatic rings. The molecule has 0 aliphatic carbocycles. The second-order valence-electron chi connectivity index (χ2n) is 5.85. The summed E-state index contributed by atoms with van der Waals surface area (Å²) in [5, 5.41) is 3.60. The van der Waals surface area contributed by atoms with Crippen molar-refractivity contribution in [3.05, 3.63) is 57.3 Å². The number of hydrogen-bond acceptors (Lipinski definition) is 3. The second kappa shape index (κ2) is 7.62. The van der Waals surface area contributed by atoms with Crippen LogP contribution >= 0.6 is 27.5 Å². The predicted octanol–water partition coefficient (Wildman–Crippen LogP) is 4.26. The van der Waals surface area contributed by atoms with Crippen LogP contribution in [0.4, 0.5) is 10.1 Å². The van der Waals surface area contributed by atoms with Gasteiger partial charge in [-0.15, -0.1) is 0 Å². The molecule has 4 nitrogen and oxygen atoms in total. The van der Waals surface area contributed by atoms with Gasteiger partial charge in [0.2, 0.25) is 0 Å². The van der Waals surface area contributed by atoms with Crippen molar-refractivity contribution in [1.29, 1.82) is 0 Å². The molecule has 1 unspecified atom stereocenters. The third kappa shape index (κ3) is 4.07. The number of rotatable bonds is 4. The molecule has 132 valence electrons. The van der Waals surface area contributed by atoms with E-state index in [1.807, 2.05) is 12.1 Å². The number of carbonyl (C=O) groups is 1. The summed E-state index contributed by atoms with van der Waals surface area (Å²) in [5.41, 5.74) is 1.19. The smallest absolute Gasteiger partial charge is 0.252 e. The van der Waals surface area contributed by atoms with Crippen LogP contribution in [0.3, 0.4) is 0 Å². The number of anilines is 1. The molecule has 3 rings (SSSR count). The number of hydrogen-bond donors (Lipinski definition) is 1. The number of carbonyl (C=O) groups excluding carboxylic acids is 1. The van der Waals surface area contributed by atoms with Crippen LogP contribution in [0.5, 0.6) is 5.75 Å². The van der Waals surface area contributed by atoms with Gasteiger partial charge in [-0.25, -0.2) is 4.39 Å². The fraction of sp³-hybridized carbons (Fsp3) is 0.278. The molecular weight excluding hydrogens is 411 g/mol. The molecule has 0 aromatic heterocycles. The molecule has 7 heteroatoms. The normalized spacial score (nSPS) is 16.8. The third-order valence-electron chi connectivity index (χ3n) is 4.18. The highest BCUT2D eigenvalue weighted by atomic mass is 79.9. The van der Waals surface area contributed by atoms with Crippen LogP contribution in [0.25, 0.3) is 0 Å². The fourth-order valence-corrected chi connectivity index (χ4v) is 3.53. The molecule has 25 heavy (non-hydrogen) atoms. The van der Waals surface area contributed by atoms with Gasteiger partial charge < -0.3 is 15.0 Å². The minimum absolute atomic E-state index is 0.0358. The summed E-state index contributed by atoms with van der Waals surface area (Å²) in [5.74, 6) is 0.00518. The average molecular weight is 428 g/mol.